The van der Waals surface area contributed by atoms with Gasteiger partial charge in [0.25, 0.3) is 5.69 Å². The van der Waals surface area contributed by atoms with Crippen molar-refractivity contribution in [3.63, 3.8) is 0 Å². The Bertz CT molecular complexity index is 715. The summed E-state index contributed by atoms with van der Waals surface area (Å²) in [6.07, 6.45) is 2.19. The number of aromatic carboxylic acids is 1. The van der Waals surface area contributed by atoms with Crippen LogP contribution in [0.3, 0.4) is 0 Å². The molecule has 0 fully saturated rings. The van der Waals surface area contributed by atoms with Gasteiger partial charge >= 0.3 is 5.97 Å². The molecule has 1 N–H and O–H groups in total. The SMILES string of the molecule is O=C(O)c1cncc(Oc2c(Cl)cc([N+](=O)[O-])cc2Cl)n1. The van der Waals surface area contributed by atoms with Gasteiger partial charge in [0.1, 0.15) is 0 Å². The summed E-state index contributed by atoms with van der Waals surface area (Å²) in [5, 5.41) is 19.2. The molecule has 10 heteroatoms. The van der Waals surface area contributed by atoms with Crippen LogP contribution in [0, 0.1) is 10.1 Å². The van der Waals surface area contributed by atoms with Crippen LogP contribution < -0.4 is 4.74 Å². The molecule has 0 unspecified atom stereocenters. The van der Waals surface area contributed by atoms with Crippen LogP contribution in [0.15, 0.2) is 24.5 Å². The predicted octanol–water partition coefficient (Wildman–Crippen LogP) is 3.18. The van der Waals surface area contributed by atoms with E-state index in [1.54, 1.807) is 0 Å². The summed E-state index contributed by atoms with van der Waals surface area (Å²) in [5.41, 5.74) is -0.635. The Morgan fingerprint density at radius 1 is 1.29 bits per heavy atom. The number of aromatic nitrogens is 2. The summed E-state index contributed by atoms with van der Waals surface area (Å²) in [5.74, 6) is -1.53. The van der Waals surface area contributed by atoms with Gasteiger partial charge < -0.3 is 9.84 Å². The van der Waals surface area contributed by atoms with Crippen LogP contribution in [0.4, 0.5) is 5.69 Å². The third-order valence-corrected chi connectivity index (χ3v) is 2.79. The van der Waals surface area contributed by atoms with E-state index in [9.17, 15) is 14.9 Å². The lowest BCUT2D eigenvalue weighted by molar-refractivity contribution is -0.384. The van der Waals surface area contributed by atoms with Gasteiger partial charge in [-0.15, -0.1) is 0 Å². The molecular weight excluding hydrogens is 325 g/mol. The molecule has 0 aliphatic carbocycles. The largest absolute Gasteiger partial charge is 0.476 e. The number of carbonyl (C=O) groups is 1. The molecule has 21 heavy (non-hydrogen) atoms. The maximum absolute atomic E-state index is 10.8. The summed E-state index contributed by atoms with van der Waals surface area (Å²) < 4.78 is 5.24. The summed E-state index contributed by atoms with van der Waals surface area (Å²) in [6.45, 7) is 0. The van der Waals surface area contributed by atoms with E-state index in [0.717, 1.165) is 24.5 Å². The van der Waals surface area contributed by atoms with Gasteiger partial charge in [-0.05, 0) is 0 Å². The predicted molar refractivity (Wildman–Crippen MR) is 72.2 cm³/mol. The topological polar surface area (TPSA) is 115 Å². The van der Waals surface area contributed by atoms with E-state index in [2.05, 4.69) is 9.97 Å². The van der Waals surface area contributed by atoms with Gasteiger partial charge in [-0.1, -0.05) is 23.2 Å². The van der Waals surface area contributed by atoms with Gasteiger partial charge in [-0.3, -0.25) is 15.1 Å². The molecule has 0 aliphatic heterocycles. The highest BCUT2D eigenvalue weighted by Crippen LogP contribution is 2.38. The molecule has 108 valence electrons. The average Bonchev–Trinajstić information content (AvgIpc) is 2.42. The monoisotopic (exact) mass is 329 g/mol. The quantitative estimate of drug-likeness (QED) is 0.676. The van der Waals surface area contributed by atoms with Gasteiger partial charge in [-0.2, -0.15) is 0 Å². The highest BCUT2D eigenvalue weighted by Gasteiger charge is 2.17. The minimum absolute atomic E-state index is 0.0826. The Morgan fingerprint density at radius 3 is 2.43 bits per heavy atom. The number of hydrogen-bond acceptors (Lipinski definition) is 6. The second kappa shape index (κ2) is 5.90. The average molecular weight is 330 g/mol. The molecule has 0 saturated carbocycles. The molecule has 1 aromatic heterocycles. The lowest BCUT2D eigenvalue weighted by Gasteiger charge is -2.08. The number of ether oxygens (including phenoxy) is 1. The number of non-ortho nitro benzene ring substituents is 1. The number of hydrogen-bond donors (Lipinski definition) is 1. The summed E-state index contributed by atoms with van der Waals surface area (Å²) >= 11 is 11.7. The van der Waals surface area contributed by atoms with E-state index < -0.39 is 10.9 Å². The zero-order valence-corrected chi connectivity index (χ0v) is 11.5. The molecule has 2 aromatic rings. The van der Waals surface area contributed by atoms with E-state index >= 15 is 0 Å². The van der Waals surface area contributed by atoms with Gasteiger partial charge in [0.2, 0.25) is 5.88 Å². The van der Waals surface area contributed by atoms with Gasteiger partial charge in [-0.25, -0.2) is 9.78 Å². The first-order valence-electron chi connectivity index (χ1n) is 5.25. The van der Waals surface area contributed by atoms with E-state index in [1.165, 1.54) is 0 Å². The molecule has 0 aliphatic rings. The van der Waals surface area contributed by atoms with Crippen LogP contribution in [0.2, 0.25) is 10.0 Å². The van der Waals surface area contributed by atoms with Crippen molar-refractivity contribution in [3.05, 3.63) is 50.4 Å². The number of nitro groups is 1. The Kier molecular flexibility index (Phi) is 4.20. The van der Waals surface area contributed by atoms with E-state index in [-0.39, 0.29) is 33.1 Å². The van der Waals surface area contributed by atoms with E-state index in [4.69, 9.17) is 33.0 Å². The number of rotatable bonds is 4. The van der Waals surface area contributed by atoms with Crippen LogP contribution >= 0.6 is 23.2 Å². The minimum atomic E-state index is -1.28. The minimum Gasteiger partial charge on any atom is -0.476 e. The highest BCUT2D eigenvalue weighted by molar-refractivity contribution is 6.37. The standard InChI is InChI=1S/C11H5Cl2N3O5/c12-6-1-5(16(19)20)2-7(13)10(6)21-9-4-14-3-8(15-9)11(17)18/h1-4H,(H,17,18). The van der Waals surface area contributed by atoms with Crippen molar-refractivity contribution in [2.24, 2.45) is 0 Å². The van der Waals surface area contributed by atoms with Crippen LogP contribution in [0.25, 0.3) is 0 Å². The van der Waals surface area contributed by atoms with Crippen molar-refractivity contribution in [2.45, 2.75) is 0 Å². The van der Waals surface area contributed by atoms with Gasteiger partial charge in [0.15, 0.2) is 11.4 Å². The Morgan fingerprint density at radius 2 is 1.90 bits per heavy atom. The van der Waals surface area contributed by atoms with Crippen molar-refractivity contribution < 1.29 is 19.6 Å². The Hall–Kier alpha value is -2.45. The number of nitro benzene ring substituents is 1. The van der Waals surface area contributed by atoms with Gasteiger partial charge in [0.05, 0.1) is 27.4 Å². The Labute approximate surface area is 127 Å². The van der Waals surface area contributed by atoms with E-state index in [0.29, 0.717) is 0 Å². The number of carboxylic acids is 1. The van der Waals surface area contributed by atoms with Crippen LogP contribution in [0.5, 0.6) is 11.6 Å². The normalized spacial score (nSPS) is 10.2. The second-order valence-corrected chi connectivity index (χ2v) is 4.46. The molecule has 0 spiro atoms. The molecule has 1 aromatic carbocycles. The molecule has 0 bridgehead atoms. The molecule has 2 rings (SSSR count). The fourth-order valence-corrected chi connectivity index (χ4v) is 1.91. The lowest BCUT2D eigenvalue weighted by atomic mass is 10.3. The van der Waals surface area contributed by atoms with Crippen molar-refractivity contribution in [1.82, 2.24) is 9.97 Å². The van der Waals surface area contributed by atoms with Crippen LogP contribution in [0.1, 0.15) is 10.5 Å². The van der Waals surface area contributed by atoms with Crippen molar-refractivity contribution >= 4 is 34.9 Å². The highest BCUT2D eigenvalue weighted by atomic mass is 35.5. The first kappa shape index (κ1) is 14.9. The zero-order valence-electron chi connectivity index (χ0n) is 9.99. The fourth-order valence-electron chi connectivity index (χ4n) is 1.35. The first-order chi connectivity index (χ1) is 9.88. The smallest absolute Gasteiger partial charge is 0.356 e. The summed E-state index contributed by atoms with van der Waals surface area (Å²) in [4.78, 5) is 28.1. The van der Waals surface area contributed by atoms with Crippen LogP contribution in [-0.2, 0) is 0 Å². The molecule has 1 heterocycles. The molecule has 0 amide bonds. The number of benzene rings is 1. The summed E-state index contributed by atoms with van der Waals surface area (Å²) in [7, 11) is 0. The van der Waals surface area contributed by atoms with Crippen molar-refractivity contribution in [2.75, 3.05) is 0 Å². The van der Waals surface area contributed by atoms with Crippen molar-refractivity contribution in [1.29, 1.82) is 0 Å². The summed E-state index contributed by atoms with van der Waals surface area (Å²) in [6, 6.07) is 2.11. The third-order valence-electron chi connectivity index (χ3n) is 2.23. The lowest BCUT2D eigenvalue weighted by Crippen LogP contribution is -2.02. The Balaban J connectivity index is 2.38. The molecule has 8 nitrogen and oxygen atoms in total. The maximum atomic E-state index is 10.8. The molecular formula is C11H5Cl2N3O5. The van der Waals surface area contributed by atoms with Crippen molar-refractivity contribution in [3.8, 4) is 11.6 Å². The third kappa shape index (κ3) is 3.36. The molecule has 0 saturated heterocycles. The van der Waals surface area contributed by atoms with E-state index in [1.807, 2.05) is 0 Å². The maximum Gasteiger partial charge on any atom is 0.356 e. The van der Waals surface area contributed by atoms with Crippen LogP contribution in [-0.4, -0.2) is 26.0 Å². The van der Waals surface area contributed by atoms with Gasteiger partial charge in [0, 0.05) is 12.1 Å². The number of nitrogens with zero attached hydrogens (tertiary/aromatic N) is 3. The zero-order chi connectivity index (χ0) is 15.6. The fraction of sp³-hybridized carbons (Fsp3) is 0. The molecule has 0 atom stereocenters. The number of halogens is 2. The second-order valence-electron chi connectivity index (χ2n) is 3.65. The molecule has 0 radical (unpaired) electrons. The number of carboxylic acid groups (broad SMARTS) is 1. The first-order valence-corrected chi connectivity index (χ1v) is 6.00.